The lowest BCUT2D eigenvalue weighted by Gasteiger charge is -2.26. The first-order valence-electron chi connectivity index (χ1n) is 5.91. The first kappa shape index (κ1) is 11.4. The average molecular weight is 221 g/mol. The number of rotatable bonds is 2. The molecule has 1 aliphatic carbocycles. The summed E-state index contributed by atoms with van der Waals surface area (Å²) >= 11 is 0. The normalized spacial score (nSPS) is 18.9. The molecule has 0 amide bonds. The monoisotopic (exact) mass is 221 g/mol. The fourth-order valence-electron chi connectivity index (χ4n) is 2.62. The lowest BCUT2D eigenvalue weighted by Crippen LogP contribution is -2.32. The van der Waals surface area contributed by atoms with Crippen LogP contribution in [0.15, 0.2) is 16.9 Å². The van der Waals surface area contributed by atoms with E-state index in [1.165, 1.54) is 0 Å². The summed E-state index contributed by atoms with van der Waals surface area (Å²) in [6.07, 6.45) is 3.96. The van der Waals surface area contributed by atoms with E-state index in [1.807, 2.05) is 18.4 Å². The Balaban J connectivity index is 2.31. The third-order valence-corrected chi connectivity index (χ3v) is 3.54. The van der Waals surface area contributed by atoms with Gasteiger partial charge in [0.05, 0.1) is 12.1 Å². The molecule has 2 rings (SSSR count). The molecule has 3 heteroatoms. The van der Waals surface area contributed by atoms with Crippen molar-refractivity contribution in [3.8, 4) is 0 Å². The van der Waals surface area contributed by atoms with Crippen LogP contribution in [0.3, 0.4) is 0 Å². The van der Waals surface area contributed by atoms with Gasteiger partial charge in [0, 0.05) is 23.5 Å². The molecule has 1 saturated carbocycles. The lowest BCUT2D eigenvalue weighted by atomic mass is 10.0. The summed E-state index contributed by atoms with van der Waals surface area (Å²) < 4.78 is 2.05. The highest BCUT2D eigenvalue weighted by molar-refractivity contribution is 5.13. The van der Waals surface area contributed by atoms with Gasteiger partial charge in [-0.2, -0.15) is 0 Å². The van der Waals surface area contributed by atoms with Gasteiger partial charge in [0.2, 0.25) is 0 Å². The van der Waals surface area contributed by atoms with Gasteiger partial charge in [-0.1, -0.05) is 12.8 Å². The van der Waals surface area contributed by atoms with Crippen LogP contribution in [0.5, 0.6) is 0 Å². The number of aromatic nitrogens is 1. The van der Waals surface area contributed by atoms with Crippen LogP contribution in [0.25, 0.3) is 0 Å². The predicted octanol–water partition coefficient (Wildman–Crippen LogP) is 1.77. The first-order chi connectivity index (χ1) is 7.50. The third kappa shape index (κ3) is 2.19. The highest BCUT2D eigenvalue weighted by Crippen LogP contribution is 2.31. The highest BCUT2D eigenvalue weighted by Gasteiger charge is 2.31. The second-order valence-corrected chi connectivity index (χ2v) is 4.99. The standard InChI is InChI=1S/C13H19NO2/c1-10-7-12(15)8-11(2)14(10)9-13(16)5-3-4-6-13/h7-8,16H,3-6,9H2,1-2H3. The van der Waals surface area contributed by atoms with E-state index in [0.717, 1.165) is 37.1 Å². The molecule has 1 aromatic heterocycles. The summed E-state index contributed by atoms with van der Waals surface area (Å²) in [5, 5.41) is 10.4. The highest BCUT2D eigenvalue weighted by atomic mass is 16.3. The van der Waals surface area contributed by atoms with E-state index in [4.69, 9.17) is 0 Å². The molecule has 0 aromatic carbocycles. The molecule has 0 unspecified atom stereocenters. The topological polar surface area (TPSA) is 42.2 Å². The van der Waals surface area contributed by atoms with Crippen molar-refractivity contribution in [1.29, 1.82) is 0 Å². The summed E-state index contributed by atoms with van der Waals surface area (Å²) in [5.41, 5.74) is 1.35. The summed E-state index contributed by atoms with van der Waals surface area (Å²) in [6, 6.07) is 3.26. The molecular weight excluding hydrogens is 202 g/mol. The molecule has 0 atom stereocenters. The predicted molar refractivity (Wildman–Crippen MR) is 63.6 cm³/mol. The molecule has 16 heavy (non-hydrogen) atoms. The van der Waals surface area contributed by atoms with Crippen molar-refractivity contribution in [2.75, 3.05) is 0 Å². The molecule has 1 aromatic rings. The third-order valence-electron chi connectivity index (χ3n) is 3.54. The molecule has 0 spiro atoms. The van der Waals surface area contributed by atoms with Crippen LogP contribution in [0.2, 0.25) is 0 Å². The SMILES string of the molecule is Cc1cc(=O)cc(C)n1CC1(O)CCCC1. The Labute approximate surface area is 95.7 Å². The van der Waals surface area contributed by atoms with Gasteiger partial charge in [0.25, 0.3) is 0 Å². The molecule has 0 bridgehead atoms. The average Bonchev–Trinajstić information content (AvgIpc) is 2.59. The van der Waals surface area contributed by atoms with Crippen molar-refractivity contribution in [3.63, 3.8) is 0 Å². The maximum Gasteiger partial charge on any atom is 0.182 e. The number of pyridine rings is 1. The van der Waals surface area contributed by atoms with Crippen LogP contribution in [-0.2, 0) is 6.54 Å². The molecule has 1 N–H and O–H groups in total. The first-order valence-corrected chi connectivity index (χ1v) is 5.91. The summed E-state index contributed by atoms with van der Waals surface area (Å²) in [4.78, 5) is 11.3. The van der Waals surface area contributed by atoms with Crippen LogP contribution in [0.4, 0.5) is 0 Å². The number of aliphatic hydroxyl groups is 1. The zero-order valence-electron chi connectivity index (χ0n) is 9.99. The molecule has 0 saturated heterocycles. The van der Waals surface area contributed by atoms with Crippen molar-refractivity contribution >= 4 is 0 Å². The van der Waals surface area contributed by atoms with Crippen molar-refractivity contribution in [1.82, 2.24) is 4.57 Å². The second-order valence-electron chi connectivity index (χ2n) is 4.99. The van der Waals surface area contributed by atoms with Crippen molar-refractivity contribution in [2.24, 2.45) is 0 Å². The Morgan fingerprint density at radius 1 is 1.25 bits per heavy atom. The molecular formula is C13H19NO2. The van der Waals surface area contributed by atoms with Gasteiger partial charge >= 0.3 is 0 Å². The second kappa shape index (κ2) is 4.06. The Bertz CT molecular complexity index is 415. The van der Waals surface area contributed by atoms with Crippen LogP contribution >= 0.6 is 0 Å². The van der Waals surface area contributed by atoms with Crippen LogP contribution in [0.1, 0.15) is 37.1 Å². The van der Waals surface area contributed by atoms with E-state index in [0.29, 0.717) is 6.54 Å². The lowest BCUT2D eigenvalue weighted by molar-refractivity contribution is 0.0287. The molecule has 88 valence electrons. The van der Waals surface area contributed by atoms with E-state index in [-0.39, 0.29) is 5.43 Å². The minimum absolute atomic E-state index is 0.0460. The minimum Gasteiger partial charge on any atom is -0.388 e. The summed E-state index contributed by atoms with van der Waals surface area (Å²) in [7, 11) is 0. The summed E-state index contributed by atoms with van der Waals surface area (Å²) in [6.45, 7) is 4.46. The van der Waals surface area contributed by atoms with Gasteiger partial charge in [-0.05, 0) is 26.7 Å². The van der Waals surface area contributed by atoms with Gasteiger partial charge in [-0.25, -0.2) is 0 Å². The van der Waals surface area contributed by atoms with Crippen LogP contribution in [0, 0.1) is 13.8 Å². The van der Waals surface area contributed by atoms with E-state index < -0.39 is 5.60 Å². The van der Waals surface area contributed by atoms with Crippen molar-refractivity contribution in [3.05, 3.63) is 33.7 Å². The largest absolute Gasteiger partial charge is 0.388 e. The number of nitrogens with zero attached hydrogens (tertiary/aromatic N) is 1. The van der Waals surface area contributed by atoms with E-state index in [9.17, 15) is 9.90 Å². The van der Waals surface area contributed by atoms with Crippen molar-refractivity contribution in [2.45, 2.75) is 51.7 Å². The van der Waals surface area contributed by atoms with E-state index in [2.05, 4.69) is 0 Å². The van der Waals surface area contributed by atoms with Crippen molar-refractivity contribution < 1.29 is 5.11 Å². The quantitative estimate of drug-likeness (QED) is 0.827. The number of aryl methyl sites for hydroxylation is 2. The maximum absolute atomic E-state index is 11.3. The zero-order valence-corrected chi connectivity index (χ0v) is 9.99. The van der Waals surface area contributed by atoms with Gasteiger partial charge in [0.15, 0.2) is 5.43 Å². The molecule has 0 radical (unpaired) electrons. The minimum atomic E-state index is -0.565. The summed E-state index contributed by atoms with van der Waals surface area (Å²) in [5.74, 6) is 0. The van der Waals surface area contributed by atoms with Gasteiger partial charge < -0.3 is 9.67 Å². The smallest absolute Gasteiger partial charge is 0.182 e. The molecule has 1 heterocycles. The molecule has 1 fully saturated rings. The molecule has 1 aliphatic rings. The Morgan fingerprint density at radius 3 is 2.25 bits per heavy atom. The number of hydrogen-bond donors (Lipinski definition) is 1. The fourth-order valence-corrected chi connectivity index (χ4v) is 2.62. The maximum atomic E-state index is 11.3. The molecule has 0 aliphatic heterocycles. The zero-order chi connectivity index (χ0) is 11.8. The van der Waals surface area contributed by atoms with Gasteiger partial charge in [-0.3, -0.25) is 4.79 Å². The Kier molecular flexibility index (Phi) is 2.89. The Morgan fingerprint density at radius 2 is 1.75 bits per heavy atom. The number of hydrogen-bond acceptors (Lipinski definition) is 2. The van der Waals surface area contributed by atoms with Crippen LogP contribution in [-0.4, -0.2) is 15.3 Å². The molecule has 3 nitrogen and oxygen atoms in total. The van der Waals surface area contributed by atoms with E-state index >= 15 is 0 Å². The van der Waals surface area contributed by atoms with Gasteiger partial charge in [0.1, 0.15) is 0 Å². The Hall–Kier alpha value is -1.09. The van der Waals surface area contributed by atoms with Gasteiger partial charge in [-0.15, -0.1) is 0 Å². The fraction of sp³-hybridized carbons (Fsp3) is 0.615. The van der Waals surface area contributed by atoms with E-state index in [1.54, 1.807) is 12.1 Å². The van der Waals surface area contributed by atoms with Crippen LogP contribution < -0.4 is 5.43 Å².